The van der Waals surface area contributed by atoms with Crippen LogP contribution >= 0.6 is 11.8 Å². The summed E-state index contributed by atoms with van der Waals surface area (Å²) >= 11 is 0.734. The quantitative estimate of drug-likeness (QED) is 0.708. The molecular weight excluding hydrogens is 247 g/mol. The van der Waals surface area contributed by atoms with Crippen LogP contribution in [-0.2, 0) is 10.7 Å². The van der Waals surface area contributed by atoms with Crippen molar-refractivity contribution in [1.29, 1.82) is 5.26 Å². The van der Waals surface area contributed by atoms with Crippen LogP contribution in [0.15, 0.2) is 9.36 Å². The minimum Gasteiger partial charge on any atom is -0.273 e. The molecule has 15 heavy (non-hydrogen) atoms. The van der Waals surface area contributed by atoms with E-state index in [1.54, 1.807) is 12.4 Å². The molecule has 2 atom stereocenters. The highest BCUT2D eigenvalue weighted by atomic mass is 32.2. The summed E-state index contributed by atoms with van der Waals surface area (Å²) in [6, 6.07) is 0. The van der Waals surface area contributed by atoms with Gasteiger partial charge in [0.25, 0.3) is 0 Å². The summed E-state index contributed by atoms with van der Waals surface area (Å²) < 4.78 is 40.1. The van der Waals surface area contributed by atoms with Gasteiger partial charge in [-0.3, -0.25) is 4.99 Å². The largest absolute Gasteiger partial charge is 0.439 e. The van der Waals surface area contributed by atoms with Crippen molar-refractivity contribution in [2.75, 3.05) is 18.6 Å². The zero-order chi connectivity index (χ0) is 11.5. The smallest absolute Gasteiger partial charge is 0.273 e. The van der Waals surface area contributed by atoms with E-state index in [9.17, 15) is 13.2 Å². The van der Waals surface area contributed by atoms with Crippen LogP contribution in [0.2, 0.25) is 0 Å². The average molecular weight is 255 g/mol. The molecule has 0 amide bonds. The molecule has 0 aromatic heterocycles. The van der Waals surface area contributed by atoms with E-state index >= 15 is 0 Å². The van der Waals surface area contributed by atoms with Gasteiger partial charge in [0.2, 0.25) is 6.19 Å². The predicted molar refractivity (Wildman–Crippen MR) is 55.9 cm³/mol. The summed E-state index contributed by atoms with van der Waals surface area (Å²) in [5.41, 5.74) is 0. The number of halogens is 3. The maximum atomic E-state index is 12.2. The highest BCUT2D eigenvalue weighted by Gasteiger charge is 2.40. The third kappa shape index (κ3) is 3.83. The molecule has 0 aliphatic carbocycles. The van der Waals surface area contributed by atoms with E-state index < -0.39 is 21.9 Å². The van der Waals surface area contributed by atoms with E-state index in [0.717, 1.165) is 11.8 Å². The first-order chi connectivity index (χ1) is 6.93. The Labute approximate surface area is 91.9 Å². The summed E-state index contributed by atoms with van der Waals surface area (Å²) in [7, 11) is -0.499. The van der Waals surface area contributed by atoms with E-state index in [4.69, 9.17) is 5.26 Å². The number of thioether (sulfide) groups is 1. The highest BCUT2D eigenvalue weighted by molar-refractivity contribution is 8.15. The topological polar surface area (TPSA) is 48.5 Å². The first-order valence-corrected chi connectivity index (χ1v) is 6.58. The second-order valence-electron chi connectivity index (χ2n) is 2.84. The standard InChI is InChI=1S/C7H8F3N3S2/c1-15(13-4-11)3-5-2-12-6(14-5)7(8,9)10/h5H,2-3H2,1H3. The number of alkyl halides is 3. The van der Waals surface area contributed by atoms with Crippen molar-refractivity contribution in [3.05, 3.63) is 0 Å². The number of nitrogens with zero attached hydrogens (tertiary/aromatic N) is 3. The lowest BCUT2D eigenvalue weighted by atomic mass is 10.5. The van der Waals surface area contributed by atoms with E-state index in [1.165, 1.54) is 0 Å². The molecule has 0 aromatic carbocycles. The Morgan fingerprint density at radius 3 is 2.87 bits per heavy atom. The third-order valence-electron chi connectivity index (χ3n) is 1.58. The average Bonchev–Trinajstić information content (AvgIpc) is 2.52. The lowest BCUT2D eigenvalue weighted by Gasteiger charge is -2.08. The van der Waals surface area contributed by atoms with Crippen molar-refractivity contribution < 1.29 is 13.2 Å². The molecule has 1 rings (SSSR count). The Balaban J connectivity index is 2.49. The van der Waals surface area contributed by atoms with E-state index in [2.05, 4.69) is 9.36 Å². The van der Waals surface area contributed by atoms with Gasteiger partial charge in [0.05, 0.1) is 6.54 Å². The molecule has 1 aliphatic rings. The van der Waals surface area contributed by atoms with Gasteiger partial charge in [-0.2, -0.15) is 22.8 Å². The van der Waals surface area contributed by atoms with Gasteiger partial charge in [0.15, 0.2) is 5.04 Å². The van der Waals surface area contributed by atoms with Crippen molar-refractivity contribution >= 4 is 27.5 Å². The van der Waals surface area contributed by atoms with Crippen LogP contribution in [0.25, 0.3) is 0 Å². The minimum atomic E-state index is -4.34. The Morgan fingerprint density at radius 2 is 2.40 bits per heavy atom. The van der Waals surface area contributed by atoms with Gasteiger partial charge in [0.1, 0.15) is 0 Å². The second kappa shape index (κ2) is 4.99. The molecule has 0 saturated carbocycles. The van der Waals surface area contributed by atoms with Crippen LogP contribution in [0.3, 0.4) is 0 Å². The molecule has 1 heterocycles. The van der Waals surface area contributed by atoms with Crippen molar-refractivity contribution in [2.45, 2.75) is 11.4 Å². The maximum absolute atomic E-state index is 12.2. The summed E-state index contributed by atoms with van der Waals surface area (Å²) in [5, 5.41) is 7.30. The molecule has 0 radical (unpaired) electrons. The van der Waals surface area contributed by atoms with Gasteiger partial charge < -0.3 is 0 Å². The first-order valence-electron chi connectivity index (χ1n) is 3.94. The Hall–Kier alpha value is -0.550. The lowest BCUT2D eigenvalue weighted by molar-refractivity contribution is -0.0554. The molecule has 84 valence electrons. The molecule has 0 aromatic rings. The van der Waals surface area contributed by atoms with Crippen LogP contribution in [-0.4, -0.2) is 35.0 Å². The van der Waals surface area contributed by atoms with Gasteiger partial charge in [-0.1, -0.05) is 22.5 Å². The lowest BCUT2D eigenvalue weighted by Crippen LogP contribution is -2.19. The number of nitriles is 1. The van der Waals surface area contributed by atoms with Crippen LogP contribution in [0.5, 0.6) is 0 Å². The molecule has 0 spiro atoms. The zero-order valence-electron chi connectivity index (χ0n) is 7.78. The second-order valence-corrected chi connectivity index (χ2v) is 5.85. The third-order valence-corrected chi connectivity index (χ3v) is 4.31. The molecule has 2 unspecified atom stereocenters. The van der Waals surface area contributed by atoms with Gasteiger partial charge >= 0.3 is 6.18 Å². The van der Waals surface area contributed by atoms with Crippen molar-refractivity contribution in [3.63, 3.8) is 0 Å². The molecule has 0 bridgehead atoms. The van der Waals surface area contributed by atoms with Gasteiger partial charge in [-0.25, -0.2) is 0 Å². The molecule has 1 aliphatic heterocycles. The Morgan fingerprint density at radius 1 is 1.73 bits per heavy atom. The van der Waals surface area contributed by atoms with Gasteiger partial charge in [-0.05, 0) is 6.26 Å². The number of hydrogen-bond acceptors (Lipinski definition) is 4. The maximum Gasteiger partial charge on any atom is 0.439 e. The van der Waals surface area contributed by atoms with E-state index in [-0.39, 0.29) is 11.8 Å². The van der Waals surface area contributed by atoms with Gasteiger partial charge in [-0.15, -0.1) is 0 Å². The Bertz CT molecular complexity index is 342. The number of hydrogen-bond donors (Lipinski definition) is 0. The normalized spacial score (nSPS) is 23.7. The van der Waals surface area contributed by atoms with Crippen LogP contribution in [0, 0.1) is 11.5 Å². The fourth-order valence-electron chi connectivity index (χ4n) is 1.04. The monoisotopic (exact) mass is 255 g/mol. The summed E-state index contributed by atoms with van der Waals surface area (Å²) in [4.78, 5) is 3.44. The Kier molecular flexibility index (Phi) is 4.16. The zero-order valence-corrected chi connectivity index (χ0v) is 9.42. The number of aliphatic imine (C=N–C) groups is 1. The molecule has 0 fully saturated rings. The highest BCUT2D eigenvalue weighted by Crippen LogP contribution is 2.32. The summed E-state index contributed by atoms with van der Waals surface area (Å²) in [6.07, 6.45) is -0.952. The summed E-state index contributed by atoms with van der Waals surface area (Å²) in [6.45, 7) is 0.164. The fraction of sp³-hybridized carbons (Fsp3) is 0.714. The van der Waals surface area contributed by atoms with E-state index in [0.29, 0.717) is 5.75 Å². The van der Waals surface area contributed by atoms with Crippen LogP contribution in [0.4, 0.5) is 13.2 Å². The van der Waals surface area contributed by atoms with Crippen molar-refractivity contribution in [2.24, 2.45) is 9.36 Å². The molecule has 8 heteroatoms. The van der Waals surface area contributed by atoms with Crippen molar-refractivity contribution in [1.82, 2.24) is 0 Å². The predicted octanol–water partition coefficient (Wildman–Crippen LogP) is 1.98. The number of rotatable bonds is 2. The molecule has 0 N–H and O–H groups in total. The fourth-order valence-corrected chi connectivity index (χ4v) is 3.50. The first kappa shape index (κ1) is 12.5. The van der Waals surface area contributed by atoms with E-state index in [1.807, 2.05) is 0 Å². The molecule has 0 saturated heterocycles. The van der Waals surface area contributed by atoms with Crippen LogP contribution in [0.1, 0.15) is 0 Å². The van der Waals surface area contributed by atoms with Gasteiger partial charge in [0, 0.05) is 11.0 Å². The van der Waals surface area contributed by atoms with Crippen molar-refractivity contribution in [3.8, 4) is 6.19 Å². The molecule has 3 nitrogen and oxygen atoms in total. The SMILES string of the molecule is CS(CC1CN=C(C(F)(F)F)S1)=NC#N. The minimum absolute atomic E-state index is 0.164. The van der Waals surface area contributed by atoms with Crippen LogP contribution < -0.4 is 0 Å². The molecular formula is C7H8F3N3S2. The summed E-state index contributed by atoms with van der Waals surface area (Å²) in [5.74, 6) is 0.474.